The van der Waals surface area contributed by atoms with Crippen molar-refractivity contribution < 1.29 is 29.5 Å². The second kappa shape index (κ2) is 7.20. The molecule has 0 aliphatic carbocycles. The Hall–Kier alpha value is -2.68. The van der Waals surface area contributed by atoms with E-state index in [0.29, 0.717) is 0 Å². The molecular weight excluding hydrogens is 284 g/mol. The average molecular weight is 298 g/mol. The van der Waals surface area contributed by atoms with Gasteiger partial charge in [-0.2, -0.15) is 0 Å². The summed E-state index contributed by atoms with van der Waals surface area (Å²) in [5.41, 5.74) is -0.310. The molecule has 0 saturated heterocycles. The maximum atomic E-state index is 11.5. The maximum absolute atomic E-state index is 11.5. The van der Waals surface area contributed by atoms with Gasteiger partial charge in [-0.3, -0.25) is 14.9 Å². The number of carbonyl (C=O) groups excluding carboxylic acids is 1. The second-order valence-electron chi connectivity index (χ2n) is 4.14. The normalized spacial score (nSPS) is 13.0. The second-order valence-corrected chi connectivity index (χ2v) is 4.14. The van der Waals surface area contributed by atoms with Gasteiger partial charge in [0.2, 0.25) is 0 Å². The predicted octanol–water partition coefficient (Wildman–Crippen LogP) is -0.0762. The van der Waals surface area contributed by atoms with Crippen LogP contribution in [-0.4, -0.2) is 45.8 Å². The van der Waals surface area contributed by atoms with Gasteiger partial charge >= 0.3 is 11.7 Å². The highest BCUT2D eigenvalue weighted by Gasteiger charge is 2.25. The summed E-state index contributed by atoms with van der Waals surface area (Å²) in [7, 11) is 0. The standard InChI is InChI=1S/C12H14N2O7/c1-7(15)11(12(17)18)13-10(16)6-21-9-5-3-2-4-8(9)14(19)20/h2-5,7,11,15H,6H2,1H3,(H,13,16)(H,17,18)/t7-,11+/m1/s1. The largest absolute Gasteiger partial charge is 0.480 e. The predicted molar refractivity (Wildman–Crippen MR) is 69.8 cm³/mol. The zero-order chi connectivity index (χ0) is 16.0. The number of hydrogen-bond acceptors (Lipinski definition) is 6. The van der Waals surface area contributed by atoms with Gasteiger partial charge in [-0.05, 0) is 13.0 Å². The third kappa shape index (κ3) is 4.73. The number of benzene rings is 1. The molecular formula is C12H14N2O7. The molecule has 0 saturated carbocycles. The number of carbonyl (C=O) groups is 2. The summed E-state index contributed by atoms with van der Waals surface area (Å²) in [6.07, 6.45) is -1.29. The molecule has 0 fully saturated rings. The summed E-state index contributed by atoms with van der Waals surface area (Å²) < 4.78 is 4.99. The molecule has 9 nitrogen and oxygen atoms in total. The van der Waals surface area contributed by atoms with Crippen molar-refractivity contribution in [2.75, 3.05) is 6.61 Å². The fourth-order valence-electron chi connectivity index (χ4n) is 1.48. The van der Waals surface area contributed by atoms with Crippen LogP contribution >= 0.6 is 0 Å². The van der Waals surface area contributed by atoms with E-state index in [9.17, 15) is 24.8 Å². The van der Waals surface area contributed by atoms with Crippen molar-refractivity contribution in [1.82, 2.24) is 5.32 Å². The van der Waals surface area contributed by atoms with Crippen molar-refractivity contribution in [2.45, 2.75) is 19.1 Å². The lowest BCUT2D eigenvalue weighted by molar-refractivity contribution is -0.385. The first kappa shape index (κ1) is 16.4. The first-order valence-corrected chi connectivity index (χ1v) is 5.89. The number of carboxylic acid groups (broad SMARTS) is 1. The lowest BCUT2D eigenvalue weighted by Gasteiger charge is -2.17. The lowest BCUT2D eigenvalue weighted by Crippen LogP contribution is -2.49. The summed E-state index contributed by atoms with van der Waals surface area (Å²) in [4.78, 5) is 32.4. The molecule has 0 heterocycles. The molecule has 0 aliphatic rings. The Kier molecular flexibility index (Phi) is 5.61. The number of aliphatic carboxylic acids is 1. The molecule has 1 aromatic carbocycles. The number of amides is 1. The summed E-state index contributed by atoms with van der Waals surface area (Å²) in [6.45, 7) is 0.601. The number of nitrogens with one attached hydrogen (secondary N) is 1. The number of nitro benzene ring substituents is 1. The lowest BCUT2D eigenvalue weighted by atomic mass is 10.2. The first-order chi connectivity index (χ1) is 9.82. The Morgan fingerprint density at radius 2 is 2.05 bits per heavy atom. The third-order valence-electron chi connectivity index (χ3n) is 2.49. The molecule has 0 unspecified atom stereocenters. The third-order valence-corrected chi connectivity index (χ3v) is 2.49. The molecule has 0 aromatic heterocycles. The smallest absolute Gasteiger partial charge is 0.328 e. The zero-order valence-corrected chi connectivity index (χ0v) is 11.1. The van der Waals surface area contributed by atoms with Crippen LogP contribution in [0.1, 0.15) is 6.92 Å². The Labute approximate surface area is 119 Å². The molecule has 1 rings (SSSR count). The maximum Gasteiger partial charge on any atom is 0.328 e. The number of carboxylic acids is 1. The van der Waals surface area contributed by atoms with Gasteiger partial charge in [0.15, 0.2) is 18.4 Å². The first-order valence-electron chi connectivity index (χ1n) is 5.89. The van der Waals surface area contributed by atoms with Crippen LogP contribution in [0.4, 0.5) is 5.69 Å². The van der Waals surface area contributed by atoms with Crippen molar-refractivity contribution in [3.05, 3.63) is 34.4 Å². The Morgan fingerprint density at radius 1 is 1.43 bits per heavy atom. The van der Waals surface area contributed by atoms with Gasteiger partial charge in [-0.25, -0.2) is 4.79 Å². The number of ether oxygens (including phenoxy) is 1. The highest BCUT2D eigenvalue weighted by molar-refractivity contribution is 5.84. The van der Waals surface area contributed by atoms with E-state index in [1.54, 1.807) is 0 Å². The van der Waals surface area contributed by atoms with E-state index in [2.05, 4.69) is 5.32 Å². The van der Waals surface area contributed by atoms with E-state index in [-0.39, 0.29) is 11.4 Å². The number of para-hydroxylation sites is 2. The zero-order valence-electron chi connectivity index (χ0n) is 11.1. The van der Waals surface area contributed by atoms with Crippen LogP contribution in [0, 0.1) is 10.1 Å². The summed E-state index contributed by atoms with van der Waals surface area (Å²) >= 11 is 0. The Balaban J connectivity index is 2.65. The van der Waals surface area contributed by atoms with Gasteiger partial charge < -0.3 is 20.3 Å². The molecule has 0 spiro atoms. The van der Waals surface area contributed by atoms with Crippen molar-refractivity contribution in [2.24, 2.45) is 0 Å². The number of hydrogen-bond donors (Lipinski definition) is 3. The molecule has 0 radical (unpaired) electrons. The van der Waals surface area contributed by atoms with Gasteiger partial charge in [0, 0.05) is 6.07 Å². The van der Waals surface area contributed by atoms with Crippen molar-refractivity contribution in [3.63, 3.8) is 0 Å². The molecule has 21 heavy (non-hydrogen) atoms. The molecule has 114 valence electrons. The van der Waals surface area contributed by atoms with E-state index >= 15 is 0 Å². The minimum absolute atomic E-state index is 0.110. The Morgan fingerprint density at radius 3 is 2.57 bits per heavy atom. The van der Waals surface area contributed by atoms with Crippen LogP contribution in [0.3, 0.4) is 0 Å². The van der Waals surface area contributed by atoms with E-state index in [1.807, 2.05) is 0 Å². The van der Waals surface area contributed by atoms with Crippen molar-refractivity contribution in [3.8, 4) is 5.75 Å². The molecule has 3 N–H and O–H groups in total. The van der Waals surface area contributed by atoms with Crippen LogP contribution < -0.4 is 10.1 Å². The van der Waals surface area contributed by atoms with Crippen LogP contribution in [-0.2, 0) is 9.59 Å². The number of aliphatic hydroxyl groups is 1. The van der Waals surface area contributed by atoms with E-state index in [4.69, 9.17) is 9.84 Å². The Bertz CT molecular complexity index is 544. The number of aliphatic hydroxyl groups excluding tert-OH is 1. The molecule has 2 atom stereocenters. The van der Waals surface area contributed by atoms with E-state index < -0.39 is 35.6 Å². The van der Waals surface area contributed by atoms with Crippen LogP contribution in [0.25, 0.3) is 0 Å². The fraction of sp³-hybridized carbons (Fsp3) is 0.333. The number of nitro groups is 1. The van der Waals surface area contributed by atoms with Gasteiger partial charge in [0.05, 0.1) is 11.0 Å². The quantitative estimate of drug-likeness (QED) is 0.472. The molecule has 0 bridgehead atoms. The van der Waals surface area contributed by atoms with Crippen LogP contribution in [0.2, 0.25) is 0 Å². The van der Waals surface area contributed by atoms with Gasteiger partial charge in [0.25, 0.3) is 5.91 Å². The van der Waals surface area contributed by atoms with E-state index in [1.165, 1.54) is 31.2 Å². The monoisotopic (exact) mass is 298 g/mol. The highest BCUT2D eigenvalue weighted by atomic mass is 16.6. The average Bonchev–Trinajstić information content (AvgIpc) is 2.42. The summed E-state index contributed by atoms with van der Waals surface area (Å²) in [5, 5.41) is 30.8. The van der Waals surface area contributed by atoms with E-state index in [0.717, 1.165) is 0 Å². The summed E-state index contributed by atoms with van der Waals surface area (Å²) in [5.74, 6) is -2.33. The fourth-order valence-corrected chi connectivity index (χ4v) is 1.48. The van der Waals surface area contributed by atoms with Gasteiger partial charge in [-0.15, -0.1) is 0 Å². The minimum Gasteiger partial charge on any atom is -0.480 e. The van der Waals surface area contributed by atoms with Crippen LogP contribution in [0.5, 0.6) is 5.75 Å². The molecule has 0 aliphatic heterocycles. The van der Waals surface area contributed by atoms with Crippen molar-refractivity contribution in [1.29, 1.82) is 0 Å². The topological polar surface area (TPSA) is 139 Å². The highest BCUT2D eigenvalue weighted by Crippen LogP contribution is 2.25. The van der Waals surface area contributed by atoms with Gasteiger partial charge in [0.1, 0.15) is 0 Å². The van der Waals surface area contributed by atoms with Gasteiger partial charge in [-0.1, -0.05) is 12.1 Å². The van der Waals surface area contributed by atoms with Crippen LogP contribution in [0.15, 0.2) is 24.3 Å². The number of nitrogens with zero attached hydrogens (tertiary/aromatic N) is 1. The van der Waals surface area contributed by atoms with Crippen molar-refractivity contribution >= 4 is 17.6 Å². The molecule has 9 heteroatoms. The molecule has 1 amide bonds. The summed E-state index contributed by atoms with van der Waals surface area (Å²) in [6, 6.07) is 3.99. The molecule has 1 aromatic rings. The number of rotatable bonds is 7. The SMILES string of the molecule is C[C@@H](O)[C@H](NC(=O)COc1ccccc1[N+](=O)[O-])C(=O)O. The minimum atomic E-state index is -1.48.